The van der Waals surface area contributed by atoms with Crippen LogP contribution in [0.3, 0.4) is 0 Å². The predicted octanol–water partition coefficient (Wildman–Crippen LogP) is 4.55. The van der Waals surface area contributed by atoms with E-state index in [2.05, 4.69) is 4.99 Å². The summed E-state index contributed by atoms with van der Waals surface area (Å²) in [6, 6.07) is 20.6. The molecule has 8 nitrogen and oxygen atoms in total. The summed E-state index contributed by atoms with van der Waals surface area (Å²) in [5.41, 5.74) is 1.25. The fourth-order valence-electron chi connectivity index (χ4n) is 4.18. The van der Waals surface area contributed by atoms with Crippen LogP contribution >= 0.6 is 0 Å². The van der Waals surface area contributed by atoms with Crippen LogP contribution in [-0.4, -0.2) is 48.8 Å². The SMILES string of the molecule is CCN(CC)S(=O)(=O)c1cccc(N=Cc2c(O)n(Cc3ccc(OC)cc3)c(=O)c3ccccc23)c1. The van der Waals surface area contributed by atoms with Crippen molar-refractivity contribution in [3.63, 3.8) is 0 Å². The van der Waals surface area contributed by atoms with Crippen LogP contribution in [0.2, 0.25) is 0 Å². The van der Waals surface area contributed by atoms with E-state index in [1.54, 1.807) is 69.5 Å². The van der Waals surface area contributed by atoms with Crippen molar-refractivity contribution in [1.82, 2.24) is 8.87 Å². The van der Waals surface area contributed by atoms with Crippen LogP contribution in [0.25, 0.3) is 10.8 Å². The zero-order valence-electron chi connectivity index (χ0n) is 21.0. The summed E-state index contributed by atoms with van der Waals surface area (Å²) in [7, 11) is -2.07. The number of ether oxygens (including phenoxy) is 1. The van der Waals surface area contributed by atoms with E-state index in [0.29, 0.717) is 40.9 Å². The number of hydrogen-bond donors (Lipinski definition) is 1. The first-order valence-corrected chi connectivity index (χ1v) is 13.4. The molecule has 0 unspecified atom stereocenters. The minimum atomic E-state index is -3.65. The molecule has 0 spiro atoms. The van der Waals surface area contributed by atoms with Gasteiger partial charge in [0.25, 0.3) is 5.56 Å². The molecule has 1 heterocycles. The molecule has 1 N–H and O–H groups in total. The Morgan fingerprint density at radius 2 is 1.65 bits per heavy atom. The lowest BCUT2D eigenvalue weighted by atomic mass is 10.1. The van der Waals surface area contributed by atoms with Gasteiger partial charge in [0.2, 0.25) is 15.9 Å². The lowest BCUT2D eigenvalue weighted by molar-refractivity contribution is 0.412. The second-order valence-corrected chi connectivity index (χ2v) is 10.3. The van der Waals surface area contributed by atoms with Crippen LogP contribution in [0.5, 0.6) is 11.6 Å². The zero-order chi connectivity index (χ0) is 26.6. The number of aromatic nitrogens is 1. The smallest absolute Gasteiger partial charge is 0.261 e. The molecule has 0 fully saturated rings. The number of aliphatic imine (C=N–C) groups is 1. The number of aromatic hydroxyl groups is 1. The Balaban J connectivity index is 1.78. The molecule has 0 bridgehead atoms. The number of rotatable bonds is 9. The number of fused-ring (bicyclic) bond motifs is 1. The second kappa shape index (κ2) is 11.0. The number of hydrogen-bond acceptors (Lipinski definition) is 6. The highest BCUT2D eigenvalue weighted by atomic mass is 32.2. The summed E-state index contributed by atoms with van der Waals surface area (Å²) in [6.07, 6.45) is 1.46. The maximum Gasteiger partial charge on any atom is 0.261 e. The first-order chi connectivity index (χ1) is 17.8. The van der Waals surface area contributed by atoms with Crippen molar-refractivity contribution in [2.45, 2.75) is 25.3 Å². The summed E-state index contributed by atoms with van der Waals surface area (Å²) in [5.74, 6) is 0.465. The normalized spacial score (nSPS) is 12.0. The standard InChI is InChI=1S/C28H29N3O5S/c1-4-30(5-2)37(34,35)23-10-8-9-21(17-23)29-18-26-24-11-6-7-12-25(24)27(32)31(28(26)33)19-20-13-15-22(36-3)16-14-20/h6-18,33H,4-5,19H2,1-3H3. The summed E-state index contributed by atoms with van der Waals surface area (Å²) < 4.78 is 33.7. The molecule has 4 rings (SSSR count). The zero-order valence-corrected chi connectivity index (χ0v) is 21.8. The van der Waals surface area contributed by atoms with Gasteiger partial charge in [-0.2, -0.15) is 4.31 Å². The van der Waals surface area contributed by atoms with Crippen LogP contribution in [0, 0.1) is 0 Å². The molecule has 1 aromatic heterocycles. The summed E-state index contributed by atoms with van der Waals surface area (Å²) in [4.78, 5) is 17.9. The average Bonchev–Trinajstić information content (AvgIpc) is 2.92. The number of pyridine rings is 1. The maximum atomic E-state index is 13.2. The van der Waals surface area contributed by atoms with Crippen molar-refractivity contribution in [1.29, 1.82) is 0 Å². The van der Waals surface area contributed by atoms with Gasteiger partial charge in [0.1, 0.15) is 5.75 Å². The van der Waals surface area contributed by atoms with E-state index < -0.39 is 10.0 Å². The third-order valence-electron chi connectivity index (χ3n) is 6.19. The van der Waals surface area contributed by atoms with Crippen LogP contribution in [0.15, 0.2) is 87.5 Å². The van der Waals surface area contributed by atoms with Gasteiger partial charge in [0, 0.05) is 30.1 Å². The Labute approximate surface area is 216 Å². The summed E-state index contributed by atoms with van der Waals surface area (Å²) >= 11 is 0. The van der Waals surface area contributed by atoms with E-state index in [1.807, 2.05) is 12.1 Å². The fraction of sp³-hybridized carbons (Fsp3) is 0.214. The van der Waals surface area contributed by atoms with Crippen LogP contribution in [0.1, 0.15) is 25.0 Å². The molecule has 0 aliphatic rings. The van der Waals surface area contributed by atoms with Gasteiger partial charge in [-0.05, 0) is 42.0 Å². The van der Waals surface area contributed by atoms with Gasteiger partial charge in [0.05, 0.1) is 29.8 Å². The highest BCUT2D eigenvalue weighted by molar-refractivity contribution is 7.89. The van der Waals surface area contributed by atoms with Crippen molar-refractivity contribution in [3.8, 4) is 11.6 Å². The number of sulfonamides is 1. The minimum absolute atomic E-state index is 0.143. The van der Waals surface area contributed by atoms with E-state index >= 15 is 0 Å². The minimum Gasteiger partial charge on any atom is -0.497 e. The monoisotopic (exact) mass is 519 g/mol. The van der Waals surface area contributed by atoms with Gasteiger partial charge in [-0.1, -0.05) is 50.2 Å². The van der Waals surface area contributed by atoms with E-state index in [1.165, 1.54) is 27.2 Å². The topological polar surface area (TPSA) is 101 Å². The van der Waals surface area contributed by atoms with Crippen molar-refractivity contribution in [2.24, 2.45) is 4.99 Å². The molecule has 3 aromatic carbocycles. The van der Waals surface area contributed by atoms with Crippen LogP contribution in [0.4, 0.5) is 5.69 Å². The van der Waals surface area contributed by atoms with Crippen molar-refractivity contribution >= 4 is 32.7 Å². The van der Waals surface area contributed by atoms with Gasteiger partial charge in [-0.3, -0.25) is 14.4 Å². The molecule has 192 valence electrons. The molecule has 0 radical (unpaired) electrons. The molecular weight excluding hydrogens is 490 g/mol. The summed E-state index contributed by atoms with van der Waals surface area (Å²) in [5, 5.41) is 12.2. The Morgan fingerprint density at radius 1 is 0.973 bits per heavy atom. The van der Waals surface area contributed by atoms with Gasteiger partial charge < -0.3 is 9.84 Å². The molecule has 0 atom stereocenters. The van der Waals surface area contributed by atoms with Crippen molar-refractivity contribution in [3.05, 3.63) is 94.3 Å². The Bertz CT molecular complexity index is 1610. The first-order valence-electron chi connectivity index (χ1n) is 11.9. The third-order valence-corrected chi connectivity index (χ3v) is 8.24. The first kappa shape index (κ1) is 26.1. The third kappa shape index (κ3) is 5.28. The molecule has 0 aliphatic carbocycles. The average molecular weight is 520 g/mol. The second-order valence-electron chi connectivity index (χ2n) is 8.37. The van der Waals surface area contributed by atoms with Crippen molar-refractivity contribution < 1.29 is 18.3 Å². The lowest BCUT2D eigenvalue weighted by Crippen LogP contribution is -2.30. The predicted molar refractivity (Wildman–Crippen MR) is 146 cm³/mol. The van der Waals surface area contributed by atoms with Gasteiger partial charge in [-0.25, -0.2) is 8.42 Å². The highest BCUT2D eigenvalue weighted by Gasteiger charge is 2.21. The van der Waals surface area contributed by atoms with Crippen molar-refractivity contribution in [2.75, 3.05) is 20.2 Å². The van der Waals surface area contributed by atoms with E-state index in [4.69, 9.17) is 4.74 Å². The maximum absolute atomic E-state index is 13.2. The lowest BCUT2D eigenvalue weighted by Gasteiger charge is -2.18. The molecule has 4 aromatic rings. The molecule has 37 heavy (non-hydrogen) atoms. The van der Waals surface area contributed by atoms with E-state index in [-0.39, 0.29) is 22.9 Å². The van der Waals surface area contributed by atoms with Crippen LogP contribution in [-0.2, 0) is 16.6 Å². The molecular formula is C28H29N3O5S. The molecule has 0 saturated heterocycles. The van der Waals surface area contributed by atoms with Crippen LogP contribution < -0.4 is 10.3 Å². The Kier molecular flexibility index (Phi) is 7.75. The largest absolute Gasteiger partial charge is 0.497 e. The number of benzene rings is 3. The Hall–Kier alpha value is -3.95. The van der Waals surface area contributed by atoms with E-state index in [0.717, 1.165) is 5.56 Å². The Morgan fingerprint density at radius 3 is 2.30 bits per heavy atom. The van der Waals surface area contributed by atoms with Gasteiger partial charge in [0.15, 0.2) is 0 Å². The molecule has 0 aliphatic heterocycles. The number of methoxy groups -OCH3 is 1. The van der Waals surface area contributed by atoms with E-state index in [9.17, 15) is 18.3 Å². The highest BCUT2D eigenvalue weighted by Crippen LogP contribution is 2.26. The summed E-state index contributed by atoms with van der Waals surface area (Å²) in [6.45, 7) is 4.46. The molecule has 0 saturated carbocycles. The molecule has 9 heteroatoms. The fourth-order valence-corrected chi connectivity index (χ4v) is 5.67. The van der Waals surface area contributed by atoms with Gasteiger partial charge in [-0.15, -0.1) is 0 Å². The molecule has 0 amide bonds. The number of nitrogens with zero attached hydrogens (tertiary/aromatic N) is 3. The quantitative estimate of drug-likeness (QED) is 0.327. The van der Waals surface area contributed by atoms with Gasteiger partial charge >= 0.3 is 0 Å².